The van der Waals surface area contributed by atoms with Crippen LogP contribution in [0.2, 0.25) is 0 Å². The van der Waals surface area contributed by atoms with Crippen molar-refractivity contribution in [2.24, 2.45) is 0 Å². The molecule has 126 valence electrons. The Morgan fingerprint density at radius 1 is 1.09 bits per heavy atom. The van der Waals surface area contributed by atoms with Crippen LogP contribution in [0.3, 0.4) is 0 Å². The van der Waals surface area contributed by atoms with Gasteiger partial charge in [-0.1, -0.05) is 42.1 Å². The van der Waals surface area contributed by atoms with Gasteiger partial charge in [-0.3, -0.25) is 9.59 Å². The molecule has 0 amide bonds. The first kappa shape index (κ1) is 19.0. The van der Waals surface area contributed by atoms with E-state index in [1.54, 1.807) is 20.8 Å². The van der Waals surface area contributed by atoms with Crippen molar-refractivity contribution in [2.45, 2.75) is 45.3 Å². The van der Waals surface area contributed by atoms with Gasteiger partial charge in [0.2, 0.25) is 0 Å². The smallest absolute Gasteiger partial charge is 0.428 e. The second-order valence-corrected chi connectivity index (χ2v) is 6.60. The fraction of sp³-hybridized carbons (Fsp3) is 0.438. The maximum atomic E-state index is 12.1. The standard InChI is InChI=1S/C16H20O6S/c1-11(17)20-14(21-15(19)22-16(2,3)4)13(18)23-10-12-8-6-5-7-9-12/h5-9,14H,10H2,1-4H3. The molecule has 23 heavy (non-hydrogen) atoms. The normalized spacial score (nSPS) is 12.2. The topological polar surface area (TPSA) is 78.9 Å². The molecule has 0 aliphatic rings. The van der Waals surface area contributed by atoms with E-state index in [1.165, 1.54) is 0 Å². The lowest BCUT2D eigenvalue weighted by Crippen LogP contribution is -2.33. The van der Waals surface area contributed by atoms with Crippen LogP contribution in [-0.4, -0.2) is 29.1 Å². The molecular weight excluding hydrogens is 320 g/mol. The van der Waals surface area contributed by atoms with Gasteiger partial charge in [-0.05, 0) is 26.3 Å². The number of hydrogen-bond donors (Lipinski definition) is 0. The zero-order chi connectivity index (χ0) is 17.5. The summed E-state index contributed by atoms with van der Waals surface area (Å²) in [7, 11) is 0. The summed E-state index contributed by atoms with van der Waals surface area (Å²) >= 11 is 0.891. The summed E-state index contributed by atoms with van der Waals surface area (Å²) < 4.78 is 14.5. The van der Waals surface area contributed by atoms with E-state index in [1.807, 2.05) is 30.3 Å². The Bertz CT molecular complexity index is 549. The van der Waals surface area contributed by atoms with Crippen LogP contribution in [0.1, 0.15) is 33.3 Å². The molecule has 7 heteroatoms. The molecular formula is C16H20O6S. The largest absolute Gasteiger partial charge is 0.512 e. The van der Waals surface area contributed by atoms with Crippen LogP contribution in [0.5, 0.6) is 0 Å². The zero-order valence-electron chi connectivity index (χ0n) is 13.5. The Hall–Kier alpha value is -2.02. The molecule has 0 fully saturated rings. The minimum absolute atomic E-state index is 0.370. The van der Waals surface area contributed by atoms with Crippen LogP contribution >= 0.6 is 11.8 Å². The number of carbonyl (C=O) groups is 3. The van der Waals surface area contributed by atoms with Crippen molar-refractivity contribution in [1.29, 1.82) is 0 Å². The average molecular weight is 340 g/mol. The maximum absolute atomic E-state index is 12.1. The second-order valence-electron chi connectivity index (χ2n) is 5.62. The van der Waals surface area contributed by atoms with Gasteiger partial charge < -0.3 is 14.2 Å². The van der Waals surface area contributed by atoms with Crippen LogP contribution < -0.4 is 0 Å². The van der Waals surface area contributed by atoms with Gasteiger partial charge in [-0.15, -0.1) is 0 Å². The predicted molar refractivity (Wildman–Crippen MR) is 85.6 cm³/mol. The van der Waals surface area contributed by atoms with Gasteiger partial charge in [-0.25, -0.2) is 4.79 Å². The van der Waals surface area contributed by atoms with E-state index in [-0.39, 0.29) is 0 Å². The number of ether oxygens (including phenoxy) is 3. The Morgan fingerprint density at radius 2 is 1.70 bits per heavy atom. The first-order chi connectivity index (χ1) is 10.7. The lowest BCUT2D eigenvalue weighted by molar-refractivity contribution is -0.174. The minimum atomic E-state index is -1.63. The van der Waals surface area contributed by atoms with Gasteiger partial charge in [-0.2, -0.15) is 0 Å². The molecule has 0 bridgehead atoms. The van der Waals surface area contributed by atoms with Crippen LogP contribution in [-0.2, 0) is 29.6 Å². The van der Waals surface area contributed by atoms with Crippen molar-refractivity contribution in [2.75, 3.05) is 0 Å². The molecule has 0 aliphatic carbocycles. The molecule has 1 aromatic rings. The number of benzene rings is 1. The summed E-state index contributed by atoms with van der Waals surface area (Å²) in [5.41, 5.74) is 0.141. The SMILES string of the molecule is CC(=O)OC(OC(=O)OC(C)(C)C)C(=O)SCc1ccccc1. The molecule has 0 spiro atoms. The molecule has 0 saturated heterocycles. The molecule has 0 heterocycles. The summed E-state index contributed by atoms with van der Waals surface area (Å²) in [6, 6.07) is 9.27. The minimum Gasteiger partial charge on any atom is -0.428 e. The summed E-state index contributed by atoms with van der Waals surface area (Å²) in [6.07, 6.45) is -2.70. The lowest BCUT2D eigenvalue weighted by atomic mass is 10.2. The fourth-order valence-electron chi connectivity index (χ4n) is 1.43. The van der Waals surface area contributed by atoms with Gasteiger partial charge >= 0.3 is 18.4 Å². The summed E-state index contributed by atoms with van der Waals surface area (Å²) in [6.45, 7) is 6.09. The van der Waals surface area contributed by atoms with Gasteiger partial charge in [0.15, 0.2) is 0 Å². The van der Waals surface area contributed by atoms with Crippen LogP contribution in [0.15, 0.2) is 30.3 Å². The molecule has 0 aliphatic heterocycles. The van der Waals surface area contributed by atoms with Crippen molar-refractivity contribution >= 4 is 29.0 Å². The van der Waals surface area contributed by atoms with Gasteiger partial charge in [0.1, 0.15) is 5.60 Å². The third-order valence-electron chi connectivity index (χ3n) is 2.28. The monoisotopic (exact) mass is 340 g/mol. The third kappa shape index (κ3) is 8.25. The predicted octanol–water partition coefficient (Wildman–Crippen LogP) is 3.29. The summed E-state index contributed by atoms with van der Waals surface area (Å²) in [4.78, 5) is 34.8. The van der Waals surface area contributed by atoms with Crippen molar-refractivity contribution in [3.8, 4) is 0 Å². The average Bonchev–Trinajstić information content (AvgIpc) is 2.42. The molecule has 0 radical (unpaired) electrons. The molecule has 1 atom stereocenters. The highest BCUT2D eigenvalue weighted by Gasteiger charge is 2.29. The Labute approximate surface area is 139 Å². The van der Waals surface area contributed by atoms with Gasteiger partial charge in [0, 0.05) is 12.7 Å². The molecule has 0 N–H and O–H groups in total. The molecule has 1 rings (SSSR count). The summed E-state index contributed by atoms with van der Waals surface area (Å²) in [5, 5.41) is -0.588. The van der Waals surface area contributed by atoms with Crippen LogP contribution in [0, 0.1) is 0 Å². The Kier molecular flexibility index (Phi) is 7.09. The van der Waals surface area contributed by atoms with Crippen molar-refractivity contribution in [3.63, 3.8) is 0 Å². The number of esters is 1. The van der Waals surface area contributed by atoms with Crippen molar-refractivity contribution < 1.29 is 28.6 Å². The maximum Gasteiger partial charge on any atom is 0.512 e. The van der Waals surface area contributed by atoms with E-state index in [0.717, 1.165) is 24.2 Å². The van der Waals surface area contributed by atoms with E-state index < -0.39 is 29.1 Å². The van der Waals surface area contributed by atoms with Crippen molar-refractivity contribution in [1.82, 2.24) is 0 Å². The van der Waals surface area contributed by atoms with Crippen LogP contribution in [0.4, 0.5) is 4.79 Å². The van der Waals surface area contributed by atoms with Crippen molar-refractivity contribution in [3.05, 3.63) is 35.9 Å². The van der Waals surface area contributed by atoms with E-state index >= 15 is 0 Å². The van der Waals surface area contributed by atoms with Gasteiger partial charge in [0.05, 0.1) is 0 Å². The highest BCUT2D eigenvalue weighted by Crippen LogP contribution is 2.18. The number of carbonyl (C=O) groups excluding carboxylic acids is 3. The van der Waals surface area contributed by atoms with Crippen LogP contribution in [0.25, 0.3) is 0 Å². The Balaban J connectivity index is 2.63. The quantitative estimate of drug-likeness (QED) is 0.601. The highest BCUT2D eigenvalue weighted by molar-refractivity contribution is 8.13. The van der Waals surface area contributed by atoms with E-state index in [9.17, 15) is 14.4 Å². The number of thioether (sulfide) groups is 1. The van der Waals surface area contributed by atoms with E-state index in [2.05, 4.69) is 0 Å². The van der Waals surface area contributed by atoms with E-state index in [4.69, 9.17) is 14.2 Å². The van der Waals surface area contributed by atoms with Gasteiger partial charge in [0.25, 0.3) is 5.12 Å². The summed E-state index contributed by atoms with van der Waals surface area (Å²) in [5.74, 6) is -0.359. The zero-order valence-corrected chi connectivity index (χ0v) is 14.3. The second kappa shape index (κ2) is 8.57. The number of hydrogen-bond acceptors (Lipinski definition) is 7. The molecule has 1 aromatic carbocycles. The molecule has 6 nitrogen and oxygen atoms in total. The lowest BCUT2D eigenvalue weighted by Gasteiger charge is -2.21. The Morgan fingerprint density at radius 3 is 2.22 bits per heavy atom. The molecule has 0 saturated carbocycles. The fourth-order valence-corrected chi connectivity index (χ4v) is 2.16. The third-order valence-corrected chi connectivity index (χ3v) is 3.24. The molecule has 0 aromatic heterocycles. The first-order valence-electron chi connectivity index (χ1n) is 6.95. The van der Waals surface area contributed by atoms with E-state index in [0.29, 0.717) is 5.75 Å². The molecule has 1 unspecified atom stereocenters. The highest BCUT2D eigenvalue weighted by atomic mass is 32.2. The number of rotatable bonds is 5. The first-order valence-corrected chi connectivity index (χ1v) is 7.93.